The first-order valence-electron chi connectivity index (χ1n) is 8.43. The summed E-state index contributed by atoms with van der Waals surface area (Å²) in [7, 11) is 0. The number of amides is 1. The number of benzene rings is 1. The highest BCUT2D eigenvalue weighted by atomic mass is 16.2. The van der Waals surface area contributed by atoms with Crippen molar-refractivity contribution >= 4 is 17.2 Å². The van der Waals surface area contributed by atoms with Crippen LogP contribution < -0.4 is 4.90 Å². The maximum absolute atomic E-state index is 12.3. The normalized spacial score (nSPS) is 13.8. The first kappa shape index (κ1) is 14.9. The summed E-state index contributed by atoms with van der Waals surface area (Å²) in [6.45, 7) is 6.76. The Balaban J connectivity index is 1.72. The number of fused-ring (bicyclic) bond motifs is 2. The fourth-order valence-corrected chi connectivity index (χ4v) is 3.34. The summed E-state index contributed by atoms with van der Waals surface area (Å²) < 4.78 is 2.06. The predicted octanol–water partition coefficient (Wildman–Crippen LogP) is 3.85. The molecule has 122 valence electrons. The summed E-state index contributed by atoms with van der Waals surface area (Å²) in [5.74, 6) is 0.224. The minimum atomic E-state index is 0.0253. The molecule has 1 amide bonds. The van der Waals surface area contributed by atoms with Crippen LogP contribution in [0.4, 0.5) is 5.69 Å². The zero-order chi connectivity index (χ0) is 16.8. The molecule has 0 radical (unpaired) electrons. The molecule has 0 aliphatic carbocycles. The standard InChI is InChI=1S/C20H21N3O/c1-13(2)20(24)23-9-8-16-10-15(5-6-18(16)23)17-12-22-11-14(3)4-7-19(22)21-17/h4-7,10-13H,8-9H2,1-3H3. The maximum atomic E-state index is 12.3. The monoisotopic (exact) mass is 319 g/mol. The lowest BCUT2D eigenvalue weighted by atomic mass is 10.1. The van der Waals surface area contributed by atoms with E-state index in [-0.39, 0.29) is 11.8 Å². The number of nitrogens with zero attached hydrogens (tertiary/aromatic N) is 3. The molecular formula is C20H21N3O. The van der Waals surface area contributed by atoms with E-state index in [2.05, 4.69) is 48.0 Å². The van der Waals surface area contributed by atoms with E-state index in [1.165, 1.54) is 11.1 Å². The number of hydrogen-bond acceptors (Lipinski definition) is 2. The largest absolute Gasteiger partial charge is 0.312 e. The molecule has 4 rings (SSSR count). The van der Waals surface area contributed by atoms with E-state index in [1.807, 2.05) is 24.8 Å². The van der Waals surface area contributed by atoms with Crippen LogP contribution in [0.1, 0.15) is 25.0 Å². The van der Waals surface area contributed by atoms with E-state index >= 15 is 0 Å². The highest BCUT2D eigenvalue weighted by Gasteiger charge is 2.26. The van der Waals surface area contributed by atoms with Crippen molar-refractivity contribution in [1.29, 1.82) is 0 Å². The lowest BCUT2D eigenvalue weighted by Gasteiger charge is -2.19. The van der Waals surface area contributed by atoms with Crippen molar-refractivity contribution in [2.75, 3.05) is 11.4 Å². The average Bonchev–Trinajstić information content (AvgIpc) is 3.16. The Hall–Kier alpha value is -2.62. The van der Waals surface area contributed by atoms with Crippen molar-refractivity contribution < 1.29 is 4.79 Å². The van der Waals surface area contributed by atoms with Crippen LogP contribution >= 0.6 is 0 Å². The van der Waals surface area contributed by atoms with Crippen LogP contribution in [-0.2, 0) is 11.2 Å². The SMILES string of the molecule is Cc1ccc2nc(-c3ccc4c(c3)CCN4C(=O)C(C)C)cn2c1. The molecule has 0 bridgehead atoms. The topological polar surface area (TPSA) is 37.6 Å². The molecule has 4 nitrogen and oxygen atoms in total. The predicted molar refractivity (Wildman–Crippen MR) is 96.3 cm³/mol. The number of anilines is 1. The van der Waals surface area contributed by atoms with Gasteiger partial charge < -0.3 is 9.30 Å². The lowest BCUT2D eigenvalue weighted by molar-refractivity contribution is -0.121. The summed E-state index contributed by atoms with van der Waals surface area (Å²) in [6, 6.07) is 10.4. The Labute approximate surface area is 141 Å². The number of aromatic nitrogens is 2. The molecule has 0 unspecified atom stereocenters. The molecule has 1 aliphatic rings. The Morgan fingerprint density at radius 3 is 2.79 bits per heavy atom. The van der Waals surface area contributed by atoms with E-state index in [1.54, 1.807) is 0 Å². The molecule has 0 saturated carbocycles. The molecule has 1 aliphatic heterocycles. The van der Waals surface area contributed by atoms with Gasteiger partial charge in [0.1, 0.15) is 5.65 Å². The van der Waals surface area contributed by atoms with Crippen molar-refractivity contribution in [3.63, 3.8) is 0 Å². The maximum Gasteiger partial charge on any atom is 0.229 e. The summed E-state index contributed by atoms with van der Waals surface area (Å²) in [4.78, 5) is 19.0. The Morgan fingerprint density at radius 1 is 1.17 bits per heavy atom. The first-order valence-corrected chi connectivity index (χ1v) is 8.43. The van der Waals surface area contributed by atoms with E-state index in [9.17, 15) is 4.79 Å². The molecule has 3 heterocycles. The number of pyridine rings is 1. The number of carbonyl (C=O) groups excluding carboxylic acids is 1. The third-order valence-corrected chi connectivity index (χ3v) is 4.63. The summed E-state index contributed by atoms with van der Waals surface area (Å²) in [5, 5.41) is 0. The summed E-state index contributed by atoms with van der Waals surface area (Å²) >= 11 is 0. The molecule has 0 saturated heterocycles. The third-order valence-electron chi connectivity index (χ3n) is 4.63. The van der Waals surface area contributed by atoms with Crippen molar-refractivity contribution in [3.8, 4) is 11.3 Å². The number of rotatable bonds is 2. The zero-order valence-electron chi connectivity index (χ0n) is 14.3. The molecule has 4 heteroatoms. The molecule has 24 heavy (non-hydrogen) atoms. The molecule has 0 N–H and O–H groups in total. The third kappa shape index (κ3) is 2.39. The van der Waals surface area contributed by atoms with Crippen LogP contribution in [0.5, 0.6) is 0 Å². The fraction of sp³-hybridized carbons (Fsp3) is 0.300. The van der Waals surface area contributed by atoms with Crippen LogP contribution in [0.2, 0.25) is 0 Å². The first-order chi connectivity index (χ1) is 11.5. The van der Waals surface area contributed by atoms with Gasteiger partial charge in [-0.3, -0.25) is 4.79 Å². The summed E-state index contributed by atoms with van der Waals surface area (Å²) in [5.41, 5.74) is 6.52. The highest BCUT2D eigenvalue weighted by molar-refractivity contribution is 5.97. The van der Waals surface area contributed by atoms with Gasteiger partial charge in [-0.25, -0.2) is 4.98 Å². The lowest BCUT2D eigenvalue weighted by Crippen LogP contribution is -2.32. The summed E-state index contributed by atoms with van der Waals surface area (Å²) in [6.07, 6.45) is 5.06. The second-order valence-electron chi connectivity index (χ2n) is 6.84. The van der Waals surface area contributed by atoms with E-state index in [0.717, 1.165) is 35.6 Å². The van der Waals surface area contributed by atoms with Crippen LogP contribution in [0.15, 0.2) is 42.7 Å². The number of aryl methyl sites for hydroxylation is 1. The minimum absolute atomic E-state index is 0.0253. The second kappa shape index (κ2) is 5.48. The van der Waals surface area contributed by atoms with Crippen LogP contribution in [0.25, 0.3) is 16.9 Å². The van der Waals surface area contributed by atoms with Gasteiger partial charge in [0.05, 0.1) is 5.69 Å². The van der Waals surface area contributed by atoms with Gasteiger partial charge in [-0.1, -0.05) is 26.0 Å². The number of hydrogen-bond donors (Lipinski definition) is 0. The Kier molecular flexibility index (Phi) is 3.41. The molecule has 1 aromatic carbocycles. The van der Waals surface area contributed by atoms with Gasteiger partial charge in [0.25, 0.3) is 0 Å². The molecule has 0 spiro atoms. The van der Waals surface area contributed by atoms with Gasteiger partial charge in [-0.15, -0.1) is 0 Å². The Bertz CT molecular complexity index is 939. The number of carbonyl (C=O) groups is 1. The van der Waals surface area contributed by atoms with Crippen LogP contribution in [-0.4, -0.2) is 21.8 Å². The zero-order valence-corrected chi connectivity index (χ0v) is 14.3. The fourth-order valence-electron chi connectivity index (χ4n) is 3.34. The van der Waals surface area contributed by atoms with E-state index < -0.39 is 0 Å². The molecule has 3 aromatic rings. The van der Waals surface area contributed by atoms with E-state index in [0.29, 0.717) is 0 Å². The van der Waals surface area contributed by atoms with Gasteiger partial charge in [-0.2, -0.15) is 0 Å². The van der Waals surface area contributed by atoms with E-state index in [4.69, 9.17) is 4.98 Å². The minimum Gasteiger partial charge on any atom is -0.312 e. The smallest absolute Gasteiger partial charge is 0.229 e. The molecule has 2 aromatic heterocycles. The van der Waals surface area contributed by atoms with Crippen LogP contribution in [0, 0.1) is 12.8 Å². The molecule has 0 atom stereocenters. The van der Waals surface area contributed by atoms with Gasteiger partial charge in [0, 0.05) is 36.1 Å². The quantitative estimate of drug-likeness (QED) is 0.719. The molecular weight excluding hydrogens is 298 g/mol. The van der Waals surface area contributed by atoms with Gasteiger partial charge >= 0.3 is 0 Å². The molecule has 0 fully saturated rings. The van der Waals surface area contributed by atoms with Gasteiger partial charge in [-0.05, 0) is 42.7 Å². The Morgan fingerprint density at radius 2 is 2.00 bits per heavy atom. The van der Waals surface area contributed by atoms with Gasteiger partial charge in [0.15, 0.2) is 0 Å². The van der Waals surface area contributed by atoms with Crippen molar-refractivity contribution in [3.05, 3.63) is 53.9 Å². The van der Waals surface area contributed by atoms with Gasteiger partial charge in [0.2, 0.25) is 5.91 Å². The average molecular weight is 319 g/mol. The van der Waals surface area contributed by atoms with Crippen LogP contribution in [0.3, 0.4) is 0 Å². The van der Waals surface area contributed by atoms with Crippen molar-refractivity contribution in [1.82, 2.24) is 9.38 Å². The van der Waals surface area contributed by atoms with Crippen molar-refractivity contribution in [2.45, 2.75) is 27.2 Å². The highest BCUT2D eigenvalue weighted by Crippen LogP contribution is 2.33. The van der Waals surface area contributed by atoms with Crippen molar-refractivity contribution in [2.24, 2.45) is 5.92 Å². The number of imidazole rings is 1. The second-order valence-corrected chi connectivity index (χ2v) is 6.84.